The van der Waals surface area contributed by atoms with Gasteiger partial charge in [0.2, 0.25) is 0 Å². The average molecular weight is 176 g/mol. The fraction of sp³-hybridized carbons (Fsp3) is 0.429. The molecule has 66 valence electrons. The third-order valence-electron chi connectivity index (χ3n) is 1.31. The van der Waals surface area contributed by atoms with E-state index in [4.69, 9.17) is 0 Å². The third kappa shape index (κ3) is 3.32. The molecule has 1 rings (SSSR count). The maximum absolute atomic E-state index is 11.7. The Hall–Kier alpha value is -1.13. The second-order valence-electron chi connectivity index (χ2n) is 2.32. The highest BCUT2D eigenvalue weighted by Crippen LogP contribution is 2.21. The lowest BCUT2D eigenvalue weighted by atomic mass is 10.2. The molecule has 0 aliphatic rings. The van der Waals surface area contributed by atoms with E-state index in [1.807, 2.05) is 0 Å². The van der Waals surface area contributed by atoms with E-state index in [1.54, 1.807) is 0 Å². The number of hydrogen-bond acceptors (Lipinski definition) is 2. The molecular weight excluding hydrogens is 169 g/mol. The number of nitrogens with zero attached hydrogens (tertiary/aromatic N) is 2. The third-order valence-corrected chi connectivity index (χ3v) is 1.31. The van der Waals surface area contributed by atoms with Gasteiger partial charge in [-0.3, -0.25) is 0 Å². The van der Waals surface area contributed by atoms with Crippen molar-refractivity contribution in [2.75, 3.05) is 0 Å². The maximum atomic E-state index is 11.7. The van der Waals surface area contributed by atoms with Crippen LogP contribution in [0.4, 0.5) is 13.2 Å². The van der Waals surface area contributed by atoms with E-state index in [-0.39, 0.29) is 6.42 Å². The minimum Gasteiger partial charge on any atom is -0.245 e. The van der Waals surface area contributed by atoms with Crippen LogP contribution in [0.1, 0.15) is 12.1 Å². The normalized spacial score (nSPS) is 11.6. The Morgan fingerprint density at radius 2 is 2.08 bits per heavy atom. The van der Waals surface area contributed by atoms with Crippen molar-refractivity contribution in [1.82, 2.24) is 9.97 Å². The van der Waals surface area contributed by atoms with Crippen LogP contribution in [-0.2, 0) is 6.42 Å². The largest absolute Gasteiger partial charge is 0.389 e. The molecule has 0 amide bonds. The Balaban J connectivity index is 2.44. The maximum Gasteiger partial charge on any atom is 0.389 e. The van der Waals surface area contributed by atoms with E-state index in [2.05, 4.69) is 9.97 Å². The van der Waals surface area contributed by atoms with Crippen molar-refractivity contribution in [3.8, 4) is 0 Å². The van der Waals surface area contributed by atoms with Crippen molar-refractivity contribution < 1.29 is 13.2 Å². The summed E-state index contributed by atoms with van der Waals surface area (Å²) in [5.41, 5.74) is 0.419. The summed E-state index contributed by atoms with van der Waals surface area (Å²) in [6.45, 7) is 0. The molecule has 0 fully saturated rings. The van der Waals surface area contributed by atoms with E-state index in [9.17, 15) is 13.2 Å². The van der Waals surface area contributed by atoms with Gasteiger partial charge in [-0.15, -0.1) is 0 Å². The Kier molecular flexibility index (Phi) is 2.62. The molecule has 1 heterocycles. The average Bonchev–Trinajstić information content (AvgIpc) is 2.02. The lowest BCUT2D eigenvalue weighted by Crippen LogP contribution is -2.09. The van der Waals surface area contributed by atoms with Crippen molar-refractivity contribution in [3.05, 3.63) is 24.3 Å². The van der Waals surface area contributed by atoms with E-state index >= 15 is 0 Å². The molecule has 2 nitrogen and oxygen atoms in total. The highest BCUT2D eigenvalue weighted by Gasteiger charge is 2.26. The first-order valence-electron chi connectivity index (χ1n) is 3.39. The van der Waals surface area contributed by atoms with Gasteiger partial charge >= 0.3 is 6.18 Å². The Labute approximate surface area is 67.5 Å². The smallest absolute Gasteiger partial charge is 0.245 e. The number of alkyl halides is 3. The molecule has 0 atom stereocenters. The molecule has 0 bridgehead atoms. The van der Waals surface area contributed by atoms with Crippen LogP contribution in [0.5, 0.6) is 0 Å². The van der Waals surface area contributed by atoms with E-state index in [1.165, 1.54) is 18.6 Å². The summed E-state index contributed by atoms with van der Waals surface area (Å²) in [4.78, 5) is 7.27. The summed E-state index contributed by atoms with van der Waals surface area (Å²) >= 11 is 0. The molecule has 0 aliphatic heterocycles. The summed E-state index contributed by atoms with van der Waals surface area (Å²) in [6, 6.07) is 1.48. The van der Waals surface area contributed by atoms with Crippen molar-refractivity contribution in [3.63, 3.8) is 0 Å². The fourth-order valence-corrected chi connectivity index (χ4v) is 0.736. The lowest BCUT2D eigenvalue weighted by Gasteiger charge is -2.04. The molecule has 0 saturated heterocycles. The number of aryl methyl sites for hydroxylation is 1. The molecule has 1 aromatic rings. The predicted molar refractivity (Wildman–Crippen MR) is 36.4 cm³/mol. The SMILES string of the molecule is FC(F)(F)CCc1ccncn1. The summed E-state index contributed by atoms with van der Waals surface area (Å²) in [7, 11) is 0. The standard InChI is InChI=1S/C7H7F3N2/c8-7(9,10)3-1-6-2-4-11-5-12-6/h2,4-5H,1,3H2. The van der Waals surface area contributed by atoms with Crippen LogP contribution >= 0.6 is 0 Å². The topological polar surface area (TPSA) is 25.8 Å². The van der Waals surface area contributed by atoms with Gasteiger partial charge in [-0.1, -0.05) is 0 Å². The van der Waals surface area contributed by atoms with E-state index in [0.29, 0.717) is 5.69 Å². The molecule has 0 aromatic carbocycles. The molecular formula is C7H7F3N2. The zero-order chi connectivity index (χ0) is 9.03. The minimum atomic E-state index is -4.11. The van der Waals surface area contributed by atoms with Crippen molar-refractivity contribution in [1.29, 1.82) is 0 Å². The van der Waals surface area contributed by atoms with Crippen LogP contribution in [0, 0.1) is 0 Å². The van der Waals surface area contributed by atoms with Crippen molar-refractivity contribution in [2.24, 2.45) is 0 Å². The quantitative estimate of drug-likeness (QED) is 0.688. The van der Waals surface area contributed by atoms with Crippen LogP contribution in [0.3, 0.4) is 0 Å². The van der Waals surface area contributed by atoms with Gasteiger partial charge in [-0.2, -0.15) is 13.2 Å². The molecule has 0 radical (unpaired) electrons. The zero-order valence-corrected chi connectivity index (χ0v) is 6.17. The van der Waals surface area contributed by atoms with Gasteiger partial charge in [0.15, 0.2) is 0 Å². The first-order chi connectivity index (χ1) is 5.58. The highest BCUT2D eigenvalue weighted by atomic mass is 19.4. The lowest BCUT2D eigenvalue weighted by molar-refractivity contribution is -0.134. The molecule has 1 aromatic heterocycles. The van der Waals surface area contributed by atoms with Crippen molar-refractivity contribution in [2.45, 2.75) is 19.0 Å². The van der Waals surface area contributed by atoms with Gasteiger partial charge in [0, 0.05) is 18.3 Å². The van der Waals surface area contributed by atoms with Crippen LogP contribution in [0.2, 0.25) is 0 Å². The van der Waals surface area contributed by atoms with Gasteiger partial charge in [0.25, 0.3) is 0 Å². The first-order valence-corrected chi connectivity index (χ1v) is 3.39. The molecule has 12 heavy (non-hydrogen) atoms. The fourth-order valence-electron chi connectivity index (χ4n) is 0.736. The van der Waals surface area contributed by atoms with Crippen LogP contribution < -0.4 is 0 Å². The Bertz CT molecular complexity index is 232. The second-order valence-corrected chi connectivity index (χ2v) is 2.32. The molecule has 5 heteroatoms. The zero-order valence-electron chi connectivity index (χ0n) is 6.17. The van der Waals surface area contributed by atoms with Crippen LogP contribution in [0.25, 0.3) is 0 Å². The molecule has 0 saturated carbocycles. The summed E-state index contributed by atoms with van der Waals surface area (Å²) in [5.74, 6) is 0. The van der Waals surface area contributed by atoms with E-state index in [0.717, 1.165) is 0 Å². The molecule has 0 N–H and O–H groups in total. The summed E-state index contributed by atoms with van der Waals surface area (Å²) in [6.07, 6.45) is -2.34. The van der Waals surface area contributed by atoms with Crippen LogP contribution in [-0.4, -0.2) is 16.1 Å². The predicted octanol–water partition coefficient (Wildman–Crippen LogP) is 1.97. The van der Waals surface area contributed by atoms with Crippen molar-refractivity contribution >= 4 is 0 Å². The van der Waals surface area contributed by atoms with E-state index < -0.39 is 12.6 Å². The van der Waals surface area contributed by atoms with Gasteiger partial charge in [0.1, 0.15) is 6.33 Å². The van der Waals surface area contributed by atoms with Gasteiger partial charge in [-0.05, 0) is 12.5 Å². The van der Waals surface area contributed by atoms with Crippen LogP contribution in [0.15, 0.2) is 18.6 Å². The first kappa shape index (κ1) is 8.96. The number of rotatable bonds is 2. The number of hydrogen-bond donors (Lipinski definition) is 0. The van der Waals surface area contributed by atoms with Gasteiger partial charge in [0.05, 0.1) is 0 Å². The van der Waals surface area contributed by atoms with Gasteiger partial charge in [-0.25, -0.2) is 9.97 Å². The highest BCUT2D eigenvalue weighted by molar-refractivity contribution is 4.97. The minimum absolute atomic E-state index is 0.0774. The number of aromatic nitrogens is 2. The monoisotopic (exact) mass is 176 g/mol. The Morgan fingerprint density at radius 1 is 1.33 bits per heavy atom. The molecule has 0 unspecified atom stereocenters. The summed E-state index contributed by atoms with van der Waals surface area (Å²) in [5, 5.41) is 0. The molecule has 0 spiro atoms. The Morgan fingerprint density at radius 3 is 2.58 bits per heavy atom. The second kappa shape index (κ2) is 3.51. The summed E-state index contributed by atoms with van der Waals surface area (Å²) < 4.78 is 35.1. The molecule has 0 aliphatic carbocycles. The number of halogens is 3. The van der Waals surface area contributed by atoms with Gasteiger partial charge < -0.3 is 0 Å².